The molecule has 4 atom stereocenters. The molecule has 4 unspecified atom stereocenters. The summed E-state index contributed by atoms with van der Waals surface area (Å²) >= 11 is 0. The van der Waals surface area contributed by atoms with Gasteiger partial charge in [-0.05, 0) is 42.2 Å². The number of nitrogens with one attached hydrogen (secondary N) is 4. The molecule has 240 valence electrons. The van der Waals surface area contributed by atoms with Gasteiger partial charge >= 0.3 is 11.9 Å². The Kier molecular flexibility index (Phi) is 12.0. The molecule has 15 heteroatoms. The van der Waals surface area contributed by atoms with Gasteiger partial charge in [0.2, 0.25) is 23.6 Å². The van der Waals surface area contributed by atoms with Gasteiger partial charge in [0, 0.05) is 42.8 Å². The average molecular weight is 625 g/mol. The summed E-state index contributed by atoms with van der Waals surface area (Å²) < 4.78 is 0. The van der Waals surface area contributed by atoms with Crippen LogP contribution in [0.2, 0.25) is 0 Å². The maximum Gasteiger partial charge on any atom is 0.326 e. The van der Waals surface area contributed by atoms with E-state index in [1.54, 1.807) is 24.4 Å². The number of hydrogen-bond acceptors (Lipinski definition) is 8. The molecule has 0 saturated carbocycles. The molecule has 0 fully saturated rings. The lowest BCUT2D eigenvalue weighted by Crippen LogP contribution is -2.57. The number of benzene rings is 2. The van der Waals surface area contributed by atoms with E-state index in [9.17, 15) is 44.1 Å². The van der Waals surface area contributed by atoms with Crippen LogP contribution in [-0.4, -0.2) is 80.0 Å². The van der Waals surface area contributed by atoms with Crippen molar-refractivity contribution in [2.24, 2.45) is 11.5 Å². The summed E-state index contributed by atoms with van der Waals surface area (Å²) in [5.41, 5.74) is 12.9. The van der Waals surface area contributed by atoms with Crippen LogP contribution in [-0.2, 0) is 41.6 Å². The molecule has 1 heterocycles. The third-order valence-corrected chi connectivity index (χ3v) is 7.04. The second-order valence-electron chi connectivity index (χ2n) is 10.5. The number of aliphatic carboxylic acids is 2. The molecular weight excluding hydrogens is 588 g/mol. The van der Waals surface area contributed by atoms with Crippen molar-refractivity contribution in [3.63, 3.8) is 0 Å². The number of nitrogens with two attached hydrogens (primary N) is 2. The van der Waals surface area contributed by atoms with Crippen LogP contribution in [0.1, 0.15) is 36.8 Å². The number of carbonyl (C=O) groups is 6. The van der Waals surface area contributed by atoms with E-state index in [-0.39, 0.29) is 37.9 Å². The molecule has 1 aromatic heterocycles. The number of primary amides is 1. The third kappa shape index (κ3) is 10.4. The molecule has 0 radical (unpaired) electrons. The van der Waals surface area contributed by atoms with Crippen molar-refractivity contribution in [3.05, 3.63) is 65.9 Å². The number of carboxylic acid groups (broad SMARTS) is 2. The zero-order chi connectivity index (χ0) is 33.1. The Morgan fingerprint density at radius 3 is 2.02 bits per heavy atom. The van der Waals surface area contributed by atoms with E-state index in [1.807, 2.05) is 6.07 Å². The van der Waals surface area contributed by atoms with E-state index in [0.29, 0.717) is 11.1 Å². The fourth-order valence-corrected chi connectivity index (χ4v) is 4.59. The Labute approximate surface area is 257 Å². The SMILES string of the molecule is NC(=O)CCC(N)C(=O)NC(Cc1ccc(O)cc1)C(=O)NC(CCC(=O)O)C(=O)NC(Cc1c[nH]c2ccccc12)C(=O)O. The fourth-order valence-electron chi connectivity index (χ4n) is 4.59. The normalized spacial score (nSPS) is 13.6. The van der Waals surface area contributed by atoms with Crippen LogP contribution in [0, 0.1) is 0 Å². The molecule has 0 aliphatic rings. The van der Waals surface area contributed by atoms with Crippen molar-refractivity contribution in [2.45, 2.75) is 62.7 Å². The number of aromatic amines is 1. The van der Waals surface area contributed by atoms with Crippen LogP contribution in [0.3, 0.4) is 0 Å². The van der Waals surface area contributed by atoms with E-state index >= 15 is 0 Å². The summed E-state index contributed by atoms with van der Waals surface area (Å²) in [5.74, 6) is -5.93. The molecular formula is C30H36N6O9. The highest BCUT2D eigenvalue weighted by Gasteiger charge is 2.31. The fraction of sp³-hybridized carbons (Fsp3) is 0.333. The second-order valence-corrected chi connectivity index (χ2v) is 10.5. The molecule has 3 rings (SSSR count). The lowest BCUT2D eigenvalue weighted by molar-refractivity contribution is -0.143. The van der Waals surface area contributed by atoms with E-state index in [2.05, 4.69) is 20.9 Å². The number of phenols is 1. The molecule has 15 nitrogen and oxygen atoms in total. The molecule has 0 aliphatic heterocycles. The number of amides is 4. The summed E-state index contributed by atoms with van der Waals surface area (Å²) in [7, 11) is 0. The van der Waals surface area contributed by atoms with Crippen molar-refractivity contribution in [1.29, 1.82) is 0 Å². The number of para-hydroxylation sites is 1. The summed E-state index contributed by atoms with van der Waals surface area (Å²) in [5, 5.41) is 36.8. The van der Waals surface area contributed by atoms with Gasteiger partial charge in [-0.2, -0.15) is 0 Å². The Balaban J connectivity index is 1.80. The van der Waals surface area contributed by atoms with E-state index in [4.69, 9.17) is 11.5 Å². The van der Waals surface area contributed by atoms with Crippen LogP contribution in [0.4, 0.5) is 0 Å². The minimum atomic E-state index is -1.49. The first kappa shape index (κ1) is 34.1. The molecule has 45 heavy (non-hydrogen) atoms. The van der Waals surface area contributed by atoms with Gasteiger partial charge in [0.1, 0.15) is 23.9 Å². The number of hydrogen-bond donors (Lipinski definition) is 9. The van der Waals surface area contributed by atoms with Gasteiger partial charge in [-0.1, -0.05) is 30.3 Å². The summed E-state index contributed by atoms with van der Waals surface area (Å²) in [6.45, 7) is 0. The van der Waals surface area contributed by atoms with Crippen LogP contribution >= 0.6 is 0 Å². The maximum atomic E-state index is 13.5. The van der Waals surface area contributed by atoms with Gasteiger partial charge in [0.15, 0.2) is 0 Å². The molecule has 4 amide bonds. The van der Waals surface area contributed by atoms with Gasteiger partial charge in [0.05, 0.1) is 6.04 Å². The van der Waals surface area contributed by atoms with Crippen molar-refractivity contribution in [1.82, 2.24) is 20.9 Å². The summed E-state index contributed by atoms with van der Waals surface area (Å²) in [6, 6.07) is 7.51. The first-order chi connectivity index (χ1) is 21.3. The maximum absolute atomic E-state index is 13.5. The first-order valence-electron chi connectivity index (χ1n) is 14.1. The predicted octanol–water partition coefficient (Wildman–Crippen LogP) is -0.345. The first-order valence-corrected chi connectivity index (χ1v) is 14.1. The molecule has 0 bridgehead atoms. The Bertz CT molecular complexity index is 1540. The quantitative estimate of drug-likeness (QED) is 0.0942. The van der Waals surface area contributed by atoms with E-state index < -0.39 is 66.2 Å². The lowest BCUT2D eigenvalue weighted by atomic mass is 10.0. The van der Waals surface area contributed by atoms with Crippen LogP contribution < -0.4 is 27.4 Å². The predicted molar refractivity (Wildman–Crippen MR) is 161 cm³/mol. The molecule has 0 spiro atoms. The monoisotopic (exact) mass is 624 g/mol. The number of carboxylic acids is 2. The van der Waals surface area contributed by atoms with Crippen molar-refractivity contribution in [3.8, 4) is 5.75 Å². The Morgan fingerprint density at radius 1 is 0.756 bits per heavy atom. The number of fused-ring (bicyclic) bond motifs is 1. The zero-order valence-electron chi connectivity index (χ0n) is 24.2. The standard InChI is InChI=1S/C30H36N6O9/c31-20(9-11-25(32)38)27(41)35-23(13-16-5-7-18(37)8-6-16)29(43)34-22(10-12-26(39)40)28(42)36-24(30(44)45)14-17-15-33-21-4-2-1-3-19(17)21/h1-8,15,20,22-24,33,37H,9-14,31H2,(H2,32,38)(H,34,43)(H,35,41)(H,36,42)(H,39,40)(H,44,45). The average Bonchev–Trinajstić information content (AvgIpc) is 3.40. The van der Waals surface area contributed by atoms with Gasteiger partial charge in [0.25, 0.3) is 0 Å². The summed E-state index contributed by atoms with van der Waals surface area (Å²) in [6.07, 6.45) is 0.214. The zero-order valence-corrected chi connectivity index (χ0v) is 24.2. The largest absolute Gasteiger partial charge is 0.508 e. The minimum Gasteiger partial charge on any atom is -0.508 e. The third-order valence-electron chi connectivity index (χ3n) is 7.04. The van der Waals surface area contributed by atoms with Crippen LogP contribution in [0.15, 0.2) is 54.7 Å². The number of aromatic nitrogens is 1. The van der Waals surface area contributed by atoms with Crippen LogP contribution in [0.25, 0.3) is 10.9 Å². The van der Waals surface area contributed by atoms with E-state index in [0.717, 1.165) is 10.9 Å². The van der Waals surface area contributed by atoms with Crippen molar-refractivity contribution in [2.75, 3.05) is 0 Å². The van der Waals surface area contributed by atoms with Gasteiger partial charge in [-0.3, -0.25) is 24.0 Å². The summed E-state index contributed by atoms with van der Waals surface area (Å²) in [4.78, 5) is 77.2. The van der Waals surface area contributed by atoms with Crippen LogP contribution in [0.5, 0.6) is 5.75 Å². The molecule has 11 N–H and O–H groups in total. The molecule has 2 aromatic carbocycles. The van der Waals surface area contributed by atoms with Crippen molar-refractivity contribution < 1.29 is 44.1 Å². The number of carbonyl (C=O) groups excluding carboxylic acids is 4. The smallest absolute Gasteiger partial charge is 0.326 e. The second kappa shape index (κ2) is 15.9. The van der Waals surface area contributed by atoms with Crippen molar-refractivity contribution >= 4 is 46.5 Å². The van der Waals surface area contributed by atoms with Gasteiger partial charge in [-0.25, -0.2) is 4.79 Å². The lowest BCUT2D eigenvalue weighted by Gasteiger charge is -2.25. The van der Waals surface area contributed by atoms with E-state index in [1.165, 1.54) is 24.3 Å². The Morgan fingerprint density at radius 2 is 1.38 bits per heavy atom. The van der Waals surface area contributed by atoms with Gasteiger partial charge < -0.3 is 47.7 Å². The highest BCUT2D eigenvalue weighted by molar-refractivity contribution is 5.95. The minimum absolute atomic E-state index is 0.0386. The number of H-pyrrole nitrogens is 1. The highest BCUT2D eigenvalue weighted by atomic mass is 16.4. The molecule has 0 aliphatic carbocycles. The number of phenolic OH excluding ortho intramolecular Hbond substituents is 1. The highest BCUT2D eigenvalue weighted by Crippen LogP contribution is 2.19. The number of rotatable bonds is 17. The topological polar surface area (TPSA) is 267 Å². The molecule has 3 aromatic rings. The van der Waals surface area contributed by atoms with Gasteiger partial charge in [-0.15, -0.1) is 0 Å². The Hall–Kier alpha value is -5.44. The number of aromatic hydroxyl groups is 1. The molecule has 0 saturated heterocycles.